The molecular formula is C20H28N4O5. The van der Waals surface area contributed by atoms with Crippen molar-refractivity contribution in [1.29, 1.82) is 0 Å². The number of carbonyl (C=O) groups excluding carboxylic acids is 4. The minimum absolute atomic E-state index is 0.0302. The standard InChI is InChI=1S/C20H28N4O5/c1-3-4-11-29-18(26)12-16-20(28)22-9-10-24(16)13-17(25)23-15-7-5-14(6-8-15)19(27)21-2/h5-8,16H,3-4,9-13H2,1-2H3,(H,21,27)(H,22,28)(H,23,25). The Morgan fingerprint density at radius 1 is 1.24 bits per heavy atom. The molecule has 0 spiro atoms. The van der Waals surface area contributed by atoms with Crippen molar-refractivity contribution in [3.8, 4) is 0 Å². The van der Waals surface area contributed by atoms with Gasteiger partial charge in [-0.05, 0) is 30.7 Å². The summed E-state index contributed by atoms with van der Waals surface area (Å²) >= 11 is 0. The molecule has 3 N–H and O–H groups in total. The largest absolute Gasteiger partial charge is 0.466 e. The molecule has 3 amide bonds. The third-order valence-corrected chi connectivity index (χ3v) is 4.57. The van der Waals surface area contributed by atoms with Gasteiger partial charge in [0.1, 0.15) is 6.04 Å². The van der Waals surface area contributed by atoms with Gasteiger partial charge in [0.2, 0.25) is 11.8 Å². The number of nitrogens with zero attached hydrogens (tertiary/aromatic N) is 1. The van der Waals surface area contributed by atoms with Crippen LogP contribution in [0.1, 0.15) is 36.5 Å². The summed E-state index contributed by atoms with van der Waals surface area (Å²) in [6, 6.07) is 5.75. The second-order valence-electron chi connectivity index (χ2n) is 6.76. The Morgan fingerprint density at radius 2 is 1.97 bits per heavy atom. The molecular weight excluding hydrogens is 376 g/mol. The fourth-order valence-electron chi connectivity index (χ4n) is 2.95. The monoisotopic (exact) mass is 404 g/mol. The van der Waals surface area contributed by atoms with Crippen molar-refractivity contribution < 1.29 is 23.9 Å². The molecule has 1 unspecified atom stereocenters. The van der Waals surface area contributed by atoms with Crippen molar-refractivity contribution in [2.75, 3.05) is 38.6 Å². The molecule has 9 nitrogen and oxygen atoms in total. The molecule has 158 valence electrons. The van der Waals surface area contributed by atoms with E-state index in [-0.39, 0.29) is 30.7 Å². The third kappa shape index (κ3) is 6.86. The normalized spacial score (nSPS) is 16.6. The molecule has 1 aromatic rings. The number of unbranched alkanes of at least 4 members (excludes halogenated alkanes) is 1. The number of amides is 3. The molecule has 1 aromatic carbocycles. The molecule has 9 heteroatoms. The average Bonchev–Trinajstić information content (AvgIpc) is 2.70. The van der Waals surface area contributed by atoms with E-state index in [4.69, 9.17) is 4.74 Å². The second kappa shape index (κ2) is 11.2. The number of benzene rings is 1. The van der Waals surface area contributed by atoms with Crippen LogP contribution in [-0.2, 0) is 19.1 Å². The van der Waals surface area contributed by atoms with Gasteiger partial charge in [0.25, 0.3) is 5.91 Å². The molecule has 0 aliphatic carbocycles. The minimum Gasteiger partial charge on any atom is -0.466 e. The lowest BCUT2D eigenvalue weighted by Gasteiger charge is -2.33. The van der Waals surface area contributed by atoms with E-state index in [1.54, 1.807) is 36.2 Å². The number of hydrogen-bond donors (Lipinski definition) is 3. The van der Waals surface area contributed by atoms with Crippen LogP contribution in [0.25, 0.3) is 0 Å². The maximum Gasteiger partial charge on any atom is 0.307 e. The number of nitrogens with one attached hydrogen (secondary N) is 3. The van der Waals surface area contributed by atoms with Gasteiger partial charge in [0, 0.05) is 31.4 Å². The molecule has 0 bridgehead atoms. The highest BCUT2D eigenvalue weighted by Gasteiger charge is 2.33. The molecule has 1 aliphatic heterocycles. The van der Waals surface area contributed by atoms with Crippen molar-refractivity contribution in [1.82, 2.24) is 15.5 Å². The van der Waals surface area contributed by atoms with Crippen LogP contribution in [-0.4, -0.2) is 67.9 Å². The number of piperazine rings is 1. The first-order valence-electron chi connectivity index (χ1n) is 9.74. The molecule has 0 aromatic heterocycles. The van der Waals surface area contributed by atoms with E-state index in [1.165, 1.54) is 0 Å². The lowest BCUT2D eigenvalue weighted by atomic mass is 10.1. The van der Waals surface area contributed by atoms with Crippen LogP contribution in [0.15, 0.2) is 24.3 Å². The summed E-state index contributed by atoms with van der Waals surface area (Å²) in [7, 11) is 1.54. The number of carbonyl (C=O) groups is 4. The summed E-state index contributed by atoms with van der Waals surface area (Å²) in [5.41, 5.74) is 1.03. The molecule has 1 heterocycles. The molecule has 2 rings (SSSR count). The van der Waals surface area contributed by atoms with E-state index in [9.17, 15) is 19.2 Å². The molecule has 1 aliphatic rings. The van der Waals surface area contributed by atoms with Crippen LogP contribution in [0.4, 0.5) is 5.69 Å². The highest BCUT2D eigenvalue weighted by atomic mass is 16.5. The summed E-state index contributed by atoms with van der Waals surface area (Å²) in [5, 5.41) is 7.99. The average molecular weight is 404 g/mol. The number of hydrogen-bond acceptors (Lipinski definition) is 6. The first-order chi connectivity index (χ1) is 13.9. The Morgan fingerprint density at radius 3 is 2.62 bits per heavy atom. The van der Waals surface area contributed by atoms with E-state index in [2.05, 4.69) is 16.0 Å². The minimum atomic E-state index is -0.737. The summed E-state index contributed by atoms with van der Waals surface area (Å²) in [4.78, 5) is 49.9. The molecule has 0 radical (unpaired) electrons. The fraction of sp³-hybridized carbons (Fsp3) is 0.500. The van der Waals surface area contributed by atoms with Crippen LogP contribution in [0.2, 0.25) is 0 Å². The van der Waals surface area contributed by atoms with Crippen LogP contribution in [0.5, 0.6) is 0 Å². The highest BCUT2D eigenvalue weighted by Crippen LogP contribution is 2.13. The molecule has 29 heavy (non-hydrogen) atoms. The Labute approximate surface area is 170 Å². The number of ether oxygens (including phenoxy) is 1. The lowest BCUT2D eigenvalue weighted by Crippen LogP contribution is -2.57. The van der Waals surface area contributed by atoms with E-state index >= 15 is 0 Å². The fourth-order valence-corrected chi connectivity index (χ4v) is 2.95. The quantitative estimate of drug-likeness (QED) is 0.408. The first kappa shape index (κ1) is 22.4. The van der Waals surface area contributed by atoms with Crippen LogP contribution < -0.4 is 16.0 Å². The maximum atomic E-state index is 12.4. The predicted molar refractivity (Wildman–Crippen MR) is 107 cm³/mol. The van der Waals surface area contributed by atoms with Crippen molar-refractivity contribution in [2.24, 2.45) is 0 Å². The Hall–Kier alpha value is -2.94. The Balaban J connectivity index is 1.92. The Bertz CT molecular complexity index is 735. The lowest BCUT2D eigenvalue weighted by molar-refractivity contribution is -0.149. The topological polar surface area (TPSA) is 117 Å². The van der Waals surface area contributed by atoms with Gasteiger partial charge < -0.3 is 20.7 Å². The van der Waals surface area contributed by atoms with E-state index in [0.29, 0.717) is 30.9 Å². The van der Waals surface area contributed by atoms with Gasteiger partial charge in [-0.15, -0.1) is 0 Å². The van der Waals surface area contributed by atoms with Crippen molar-refractivity contribution in [2.45, 2.75) is 32.2 Å². The summed E-state index contributed by atoms with van der Waals surface area (Å²) in [6.07, 6.45) is 1.59. The highest BCUT2D eigenvalue weighted by molar-refractivity contribution is 5.96. The van der Waals surface area contributed by atoms with E-state index < -0.39 is 12.0 Å². The third-order valence-electron chi connectivity index (χ3n) is 4.57. The van der Waals surface area contributed by atoms with Gasteiger partial charge in [-0.2, -0.15) is 0 Å². The predicted octanol–water partition coefficient (Wildman–Crippen LogP) is 0.519. The van der Waals surface area contributed by atoms with Crippen molar-refractivity contribution in [3.63, 3.8) is 0 Å². The van der Waals surface area contributed by atoms with Crippen LogP contribution in [0.3, 0.4) is 0 Å². The Kier molecular flexibility index (Phi) is 8.60. The van der Waals surface area contributed by atoms with Crippen LogP contribution >= 0.6 is 0 Å². The van der Waals surface area contributed by atoms with Gasteiger partial charge in [-0.25, -0.2) is 0 Å². The van der Waals surface area contributed by atoms with Gasteiger partial charge >= 0.3 is 5.97 Å². The SMILES string of the molecule is CCCCOC(=O)CC1C(=O)NCCN1CC(=O)Nc1ccc(C(=O)NC)cc1. The number of rotatable bonds is 9. The van der Waals surface area contributed by atoms with Crippen LogP contribution in [0, 0.1) is 0 Å². The molecule has 0 saturated carbocycles. The smallest absolute Gasteiger partial charge is 0.307 e. The summed E-state index contributed by atoms with van der Waals surface area (Å²) < 4.78 is 5.14. The van der Waals surface area contributed by atoms with E-state index in [0.717, 1.165) is 12.8 Å². The van der Waals surface area contributed by atoms with Gasteiger partial charge in [0.15, 0.2) is 0 Å². The summed E-state index contributed by atoms with van der Waals surface area (Å²) in [6.45, 7) is 3.17. The first-order valence-corrected chi connectivity index (χ1v) is 9.74. The zero-order chi connectivity index (χ0) is 21.2. The molecule has 1 saturated heterocycles. The van der Waals surface area contributed by atoms with Crippen molar-refractivity contribution in [3.05, 3.63) is 29.8 Å². The molecule has 1 fully saturated rings. The maximum absolute atomic E-state index is 12.4. The summed E-state index contributed by atoms with van der Waals surface area (Å²) in [5.74, 6) is -1.25. The zero-order valence-corrected chi connectivity index (χ0v) is 16.8. The number of esters is 1. The zero-order valence-electron chi connectivity index (χ0n) is 16.8. The van der Waals surface area contributed by atoms with Crippen molar-refractivity contribution >= 4 is 29.4 Å². The van der Waals surface area contributed by atoms with Gasteiger partial charge in [-0.1, -0.05) is 13.3 Å². The number of anilines is 1. The van der Waals surface area contributed by atoms with E-state index in [1.807, 2.05) is 6.92 Å². The molecule has 1 atom stereocenters. The van der Waals surface area contributed by atoms with Gasteiger partial charge in [-0.3, -0.25) is 24.1 Å². The second-order valence-corrected chi connectivity index (χ2v) is 6.76. The van der Waals surface area contributed by atoms with Gasteiger partial charge in [0.05, 0.1) is 19.6 Å².